The number of nitrogens with two attached hydrogens (primary N) is 1. The Morgan fingerprint density at radius 2 is 2.21 bits per heavy atom. The molecule has 2 aromatic rings. The minimum Gasteiger partial charge on any atom is -0.478 e. The molecular formula is C13H13BrN2O2S. The van der Waals surface area contributed by atoms with E-state index >= 15 is 0 Å². The molecule has 0 radical (unpaired) electrons. The fraction of sp³-hybridized carbons (Fsp3) is 0.154. The van der Waals surface area contributed by atoms with Crippen LogP contribution in [0.15, 0.2) is 34.1 Å². The molecule has 0 amide bonds. The first-order valence-electron chi connectivity index (χ1n) is 5.54. The number of hydrogen-bond acceptors (Lipinski definition) is 4. The summed E-state index contributed by atoms with van der Waals surface area (Å²) in [5, 5.41) is 10.9. The van der Waals surface area contributed by atoms with Crippen molar-refractivity contribution in [3.8, 4) is 0 Å². The maximum atomic E-state index is 10.9. The predicted molar refractivity (Wildman–Crippen MR) is 81.9 cm³/mol. The van der Waals surface area contributed by atoms with Crippen molar-refractivity contribution in [3.05, 3.63) is 44.6 Å². The van der Waals surface area contributed by atoms with E-state index in [4.69, 9.17) is 10.8 Å². The summed E-state index contributed by atoms with van der Waals surface area (Å²) in [6, 6.07) is 6.85. The van der Waals surface area contributed by atoms with Crippen LogP contribution in [0.3, 0.4) is 0 Å². The highest BCUT2D eigenvalue weighted by molar-refractivity contribution is 9.10. The molecule has 0 saturated heterocycles. The molecule has 0 fully saturated rings. The quantitative estimate of drug-likeness (QED) is 0.836. The minimum atomic E-state index is -0.969. The number of benzene rings is 1. The fourth-order valence-corrected chi connectivity index (χ4v) is 3.29. The predicted octanol–water partition coefficient (Wildman–Crippen LogP) is 3.43. The Bertz CT molecular complexity index is 612. The van der Waals surface area contributed by atoms with Crippen molar-refractivity contribution < 1.29 is 9.90 Å². The summed E-state index contributed by atoms with van der Waals surface area (Å²) in [5.41, 5.74) is 7.41. The van der Waals surface area contributed by atoms with Gasteiger partial charge in [0.05, 0.1) is 23.5 Å². The third kappa shape index (κ3) is 3.27. The number of anilines is 2. The number of nitrogen functional groups attached to an aromatic ring is 1. The smallest absolute Gasteiger partial charge is 0.335 e. The van der Waals surface area contributed by atoms with Crippen molar-refractivity contribution in [2.75, 3.05) is 17.7 Å². The largest absolute Gasteiger partial charge is 0.478 e. The van der Waals surface area contributed by atoms with Crippen molar-refractivity contribution in [1.82, 2.24) is 0 Å². The second kappa shape index (κ2) is 5.63. The van der Waals surface area contributed by atoms with Crippen LogP contribution >= 0.6 is 27.3 Å². The lowest BCUT2D eigenvalue weighted by atomic mass is 10.1. The van der Waals surface area contributed by atoms with Crippen molar-refractivity contribution in [2.24, 2.45) is 0 Å². The van der Waals surface area contributed by atoms with Gasteiger partial charge in [0.25, 0.3) is 0 Å². The molecule has 0 aliphatic heterocycles. The van der Waals surface area contributed by atoms with E-state index in [2.05, 4.69) is 22.0 Å². The number of hydrogen-bond donors (Lipinski definition) is 2. The van der Waals surface area contributed by atoms with Gasteiger partial charge in [-0.2, -0.15) is 0 Å². The second-order valence-corrected chi connectivity index (χ2v) is 6.08. The molecule has 100 valence electrons. The summed E-state index contributed by atoms with van der Waals surface area (Å²) in [4.78, 5) is 14.1. The van der Waals surface area contributed by atoms with E-state index < -0.39 is 5.97 Å². The summed E-state index contributed by atoms with van der Waals surface area (Å²) in [7, 11) is 1.93. The van der Waals surface area contributed by atoms with Crippen LogP contribution in [0.2, 0.25) is 0 Å². The Morgan fingerprint density at radius 3 is 2.74 bits per heavy atom. The molecule has 0 bridgehead atoms. The van der Waals surface area contributed by atoms with E-state index in [1.165, 1.54) is 10.9 Å². The van der Waals surface area contributed by atoms with Gasteiger partial charge in [-0.15, -0.1) is 11.3 Å². The first-order valence-corrected chi connectivity index (χ1v) is 7.21. The number of thiophene rings is 1. The van der Waals surface area contributed by atoms with E-state index in [-0.39, 0.29) is 5.56 Å². The van der Waals surface area contributed by atoms with E-state index in [9.17, 15) is 4.79 Å². The number of halogens is 1. The third-order valence-electron chi connectivity index (χ3n) is 2.70. The van der Waals surface area contributed by atoms with E-state index in [1.54, 1.807) is 23.5 Å². The molecule has 3 N–H and O–H groups in total. The maximum Gasteiger partial charge on any atom is 0.335 e. The molecule has 0 spiro atoms. The molecule has 1 aromatic heterocycles. The summed E-state index contributed by atoms with van der Waals surface area (Å²) in [6.07, 6.45) is 0. The first kappa shape index (κ1) is 13.9. The fourth-order valence-electron chi connectivity index (χ4n) is 1.79. The highest BCUT2D eigenvalue weighted by atomic mass is 79.9. The third-order valence-corrected chi connectivity index (χ3v) is 4.38. The normalized spacial score (nSPS) is 10.4. The van der Waals surface area contributed by atoms with Crippen molar-refractivity contribution >= 4 is 44.6 Å². The Balaban J connectivity index is 2.19. The minimum absolute atomic E-state index is 0.202. The van der Waals surface area contributed by atoms with Crippen LogP contribution < -0.4 is 10.6 Å². The van der Waals surface area contributed by atoms with Crippen LogP contribution in [0.4, 0.5) is 11.4 Å². The average molecular weight is 341 g/mol. The molecule has 0 saturated carbocycles. The van der Waals surface area contributed by atoms with Gasteiger partial charge in [-0.05, 0) is 40.2 Å². The number of aromatic carboxylic acids is 1. The van der Waals surface area contributed by atoms with Crippen LogP contribution in [0.5, 0.6) is 0 Å². The topological polar surface area (TPSA) is 66.6 Å². The summed E-state index contributed by atoms with van der Waals surface area (Å²) < 4.78 is 1.06. The number of rotatable bonds is 4. The Hall–Kier alpha value is -1.53. The molecule has 19 heavy (non-hydrogen) atoms. The molecule has 0 aliphatic rings. The lowest BCUT2D eigenvalue weighted by molar-refractivity contribution is 0.0697. The molecule has 1 heterocycles. The molecule has 0 atom stereocenters. The van der Waals surface area contributed by atoms with E-state index in [0.29, 0.717) is 5.69 Å². The van der Waals surface area contributed by atoms with Gasteiger partial charge in [0.2, 0.25) is 0 Å². The summed E-state index contributed by atoms with van der Waals surface area (Å²) >= 11 is 5.08. The van der Waals surface area contributed by atoms with Gasteiger partial charge < -0.3 is 15.7 Å². The van der Waals surface area contributed by atoms with Crippen LogP contribution in [-0.4, -0.2) is 18.1 Å². The van der Waals surface area contributed by atoms with Gasteiger partial charge in [-0.3, -0.25) is 0 Å². The molecule has 6 heteroatoms. The van der Waals surface area contributed by atoms with Gasteiger partial charge in [0.15, 0.2) is 0 Å². The number of carboxylic acids is 1. The second-order valence-electron chi connectivity index (χ2n) is 4.17. The van der Waals surface area contributed by atoms with Crippen molar-refractivity contribution in [1.29, 1.82) is 0 Å². The van der Waals surface area contributed by atoms with Crippen LogP contribution in [0.1, 0.15) is 15.2 Å². The monoisotopic (exact) mass is 340 g/mol. The summed E-state index contributed by atoms with van der Waals surface area (Å²) in [6.45, 7) is 0.729. The van der Waals surface area contributed by atoms with Gasteiger partial charge >= 0.3 is 5.97 Å². The SMILES string of the molecule is CN(Cc1cc(Br)cs1)c1ccc(C(=O)O)cc1N. The van der Waals surface area contributed by atoms with E-state index in [0.717, 1.165) is 16.7 Å². The summed E-state index contributed by atoms with van der Waals surface area (Å²) in [5.74, 6) is -0.969. The Labute approximate surface area is 123 Å². The van der Waals surface area contributed by atoms with Crippen molar-refractivity contribution in [3.63, 3.8) is 0 Å². The highest BCUT2D eigenvalue weighted by Crippen LogP contribution is 2.27. The zero-order valence-corrected chi connectivity index (χ0v) is 12.7. The van der Waals surface area contributed by atoms with Gasteiger partial charge in [-0.1, -0.05) is 0 Å². The van der Waals surface area contributed by atoms with Crippen LogP contribution in [0, 0.1) is 0 Å². The van der Waals surface area contributed by atoms with Crippen molar-refractivity contribution in [2.45, 2.75) is 6.54 Å². The van der Waals surface area contributed by atoms with Crippen LogP contribution in [0.25, 0.3) is 0 Å². The molecule has 1 aromatic carbocycles. The molecule has 0 aliphatic carbocycles. The first-order chi connectivity index (χ1) is 8.97. The number of nitrogens with zero attached hydrogens (tertiary/aromatic N) is 1. The highest BCUT2D eigenvalue weighted by Gasteiger charge is 2.10. The lowest BCUT2D eigenvalue weighted by Crippen LogP contribution is -2.17. The molecule has 4 nitrogen and oxygen atoms in total. The number of carbonyl (C=O) groups is 1. The average Bonchev–Trinajstić information content (AvgIpc) is 2.74. The zero-order chi connectivity index (χ0) is 14.0. The molecular weight excluding hydrogens is 328 g/mol. The maximum absolute atomic E-state index is 10.9. The number of carboxylic acid groups (broad SMARTS) is 1. The van der Waals surface area contributed by atoms with Gasteiger partial charge in [0, 0.05) is 21.8 Å². The van der Waals surface area contributed by atoms with E-state index in [1.807, 2.05) is 17.3 Å². The lowest BCUT2D eigenvalue weighted by Gasteiger charge is -2.20. The van der Waals surface area contributed by atoms with Crippen LogP contribution in [-0.2, 0) is 6.54 Å². The standard InChI is InChI=1S/C13H13BrN2O2S/c1-16(6-10-5-9(14)7-19-10)12-3-2-8(13(17)18)4-11(12)15/h2-5,7H,6,15H2,1H3,(H,17,18). The molecule has 0 unspecified atom stereocenters. The van der Waals surface area contributed by atoms with Gasteiger partial charge in [0.1, 0.15) is 0 Å². The Kier molecular flexibility index (Phi) is 4.11. The zero-order valence-electron chi connectivity index (χ0n) is 10.3. The Morgan fingerprint density at radius 1 is 1.47 bits per heavy atom. The molecule has 2 rings (SSSR count). The van der Waals surface area contributed by atoms with Gasteiger partial charge in [-0.25, -0.2) is 4.79 Å².